The molecule has 1 aromatic carbocycles. The molecule has 0 radical (unpaired) electrons. The number of likely N-dealkylation sites (N-methyl/N-ethyl adjacent to an activating group) is 1. The van der Waals surface area contributed by atoms with Gasteiger partial charge in [-0.1, -0.05) is 37.3 Å². The highest BCUT2D eigenvalue weighted by atomic mass is 16.5. The average molecular weight is 292 g/mol. The highest BCUT2D eigenvalue weighted by Gasteiger charge is 2.34. The van der Waals surface area contributed by atoms with Crippen molar-refractivity contribution in [2.75, 3.05) is 39.9 Å². The van der Waals surface area contributed by atoms with Gasteiger partial charge in [-0.25, -0.2) is 0 Å². The predicted molar refractivity (Wildman–Crippen MR) is 85.4 cm³/mol. The quantitative estimate of drug-likeness (QED) is 0.801. The molecule has 1 heterocycles. The van der Waals surface area contributed by atoms with Gasteiger partial charge in [-0.3, -0.25) is 4.90 Å². The van der Waals surface area contributed by atoms with Crippen LogP contribution < -0.4 is 5.32 Å². The molecule has 0 amide bonds. The minimum absolute atomic E-state index is 0.0962. The predicted octanol–water partition coefficient (Wildman–Crippen LogP) is 1.59. The number of hydrogen-bond donors (Lipinski definition) is 2. The number of likely N-dealkylation sites (tertiary alicyclic amines) is 1. The number of aliphatic hydroxyl groups excluding tert-OH is 1. The van der Waals surface area contributed by atoms with Crippen LogP contribution in [-0.4, -0.2) is 56.0 Å². The Labute approximate surface area is 128 Å². The Kier molecular flexibility index (Phi) is 6.18. The van der Waals surface area contributed by atoms with Gasteiger partial charge in [0.05, 0.1) is 18.2 Å². The maximum atomic E-state index is 10.1. The summed E-state index contributed by atoms with van der Waals surface area (Å²) in [6.45, 7) is 5.83. The van der Waals surface area contributed by atoms with E-state index in [4.69, 9.17) is 4.74 Å². The third kappa shape index (κ3) is 4.04. The van der Waals surface area contributed by atoms with Gasteiger partial charge in [0, 0.05) is 20.2 Å². The molecule has 2 rings (SSSR count). The van der Waals surface area contributed by atoms with Gasteiger partial charge in [-0.05, 0) is 31.5 Å². The molecule has 2 unspecified atom stereocenters. The first-order chi connectivity index (χ1) is 10.2. The summed E-state index contributed by atoms with van der Waals surface area (Å²) < 4.78 is 5.51. The van der Waals surface area contributed by atoms with E-state index in [1.807, 2.05) is 18.2 Å². The standard InChI is InChI=1S/C17H28N2O2/c1-3-18-17(14-20,15-8-5-4-6-9-15)13-19-11-7-10-16(12-19)21-2/h4-6,8-9,16,18,20H,3,7,10-14H2,1-2H3. The maximum absolute atomic E-state index is 10.1. The van der Waals surface area contributed by atoms with Crippen molar-refractivity contribution in [3.63, 3.8) is 0 Å². The van der Waals surface area contributed by atoms with E-state index in [1.54, 1.807) is 7.11 Å². The molecule has 0 spiro atoms. The summed E-state index contributed by atoms with van der Waals surface area (Å²) in [6.07, 6.45) is 2.60. The summed E-state index contributed by atoms with van der Waals surface area (Å²) in [5.41, 5.74) is 0.750. The average Bonchev–Trinajstić information content (AvgIpc) is 2.55. The van der Waals surface area contributed by atoms with Crippen molar-refractivity contribution in [3.8, 4) is 0 Å². The fourth-order valence-corrected chi connectivity index (χ4v) is 3.27. The van der Waals surface area contributed by atoms with Crippen LogP contribution in [0.25, 0.3) is 0 Å². The molecule has 1 aliphatic rings. The highest BCUT2D eigenvalue weighted by Crippen LogP contribution is 2.24. The molecule has 1 aromatic rings. The lowest BCUT2D eigenvalue weighted by Gasteiger charge is -2.41. The molecule has 0 saturated carbocycles. The van der Waals surface area contributed by atoms with Crippen molar-refractivity contribution >= 4 is 0 Å². The molecule has 1 saturated heterocycles. The number of aliphatic hydroxyl groups is 1. The van der Waals surface area contributed by atoms with Crippen molar-refractivity contribution in [3.05, 3.63) is 35.9 Å². The lowest BCUT2D eigenvalue weighted by atomic mass is 9.89. The Bertz CT molecular complexity index is 413. The van der Waals surface area contributed by atoms with Crippen molar-refractivity contribution in [1.82, 2.24) is 10.2 Å². The minimum Gasteiger partial charge on any atom is -0.394 e. The van der Waals surface area contributed by atoms with Gasteiger partial charge in [0.1, 0.15) is 0 Å². The number of methoxy groups -OCH3 is 1. The first kappa shape index (κ1) is 16.4. The monoisotopic (exact) mass is 292 g/mol. The van der Waals surface area contributed by atoms with Gasteiger partial charge in [-0.15, -0.1) is 0 Å². The van der Waals surface area contributed by atoms with Crippen LogP contribution in [0.15, 0.2) is 30.3 Å². The Balaban J connectivity index is 2.16. The topological polar surface area (TPSA) is 44.7 Å². The molecule has 118 valence electrons. The first-order valence-corrected chi connectivity index (χ1v) is 7.90. The Hall–Kier alpha value is -0.940. The third-order valence-corrected chi connectivity index (χ3v) is 4.40. The second-order valence-corrected chi connectivity index (χ2v) is 5.87. The molecule has 0 bridgehead atoms. The Morgan fingerprint density at radius 1 is 1.38 bits per heavy atom. The number of hydrogen-bond acceptors (Lipinski definition) is 4. The summed E-state index contributed by atoms with van der Waals surface area (Å²) in [5.74, 6) is 0. The zero-order valence-electron chi connectivity index (χ0n) is 13.2. The largest absolute Gasteiger partial charge is 0.394 e. The molecule has 1 fully saturated rings. The summed E-state index contributed by atoms with van der Waals surface area (Å²) in [4.78, 5) is 2.41. The molecule has 2 atom stereocenters. The number of benzene rings is 1. The van der Waals surface area contributed by atoms with Crippen molar-refractivity contribution in [2.24, 2.45) is 0 Å². The van der Waals surface area contributed by atoms with E-state index in [9.17, 15) is 5.11 Å². The molecule has 21 heavy (non-hydrogen) atoms. The third-order valence-electron chi connectivity index (χ3n) is 4.40. The molecule has 4 heteroatoms. The van der Waals surface area contributed by atoms with E-state index in [-0.39, 0.29) is 6.61 Å². The maximum Gasteiger partial charge on any atom is 0.0797 e. The van der Waals surface area contributed by atoms with Crippen LogP contribution in [0.3, 0.4) is 0 Å². The van der Waals surface area contributed by atoms with Gasteiger partial charge in [0.2, 0.25) is 0 Å². The normalized spacial score (nSPS) is 22.9. The van der Waals surface area contributed by atoms with Crippen LogP contribution in [0.1, 0.15) is 25.3 Å². The van der Waals surface area contributed by atoms with E-state index in [1.165, 1.54) is 0 Å². The van der Waals surface area contributed by atoms with E-state index >= 15 is 0 Å². The van der Waals surface area contributed by atoms with Crippen molar-refractivity contribution in [2.45, 2.75) is 31.4 Å². The number of piperidine rings is 1. The zero-order valence-corrected chi connectivity index (χ0v) is 13.2. The fourth-order valence-electron chi connectivity index (χ4n) is 3.27. The molecular weight excluding hydrogens is 264 g/mol. The summed E-state index contributed by atoms with van der Waals surface area (Å²) in [6, 6.07) is 10.3. The summed E-state index contributed by atoms with van der Waals surface area (Å²) in [5, 5.41) is 13.6. The van der Waals surface area contributed by atoms with Gasteiger partial charge < -0.3 is 15.2 Å². The molecule has 4 nitrogen and oxygen atoms in total. The Morgan fingerprint density at radius 2 is 2.14 bits per heavy atom. The van der Waals surface area contributed by atoms with E-state index in [0.717, 1.165) is 44.6 Å². The van der Waals surface area contributed by atoms with E-state index in [2.05, 4.69) is 29.3 Å². The number of nitrogens with one attached hydrogen (secondary N) is 1. The van der Waals surface area contributed by atoms with Crippen LogP contribution in [-0.2, 0) is 10.3 Å². The minimum atomic E-state index is -0.397. The van der Waals surface area contributed by atoms with Crippen LogP contribution in [0.5, 0.6) is 0 Å². The Morgan fingerprint density at radius 3 is 2.76 bits per heavy atom. The van der Waals surface area contributed by atoms with Crippen LogP contribution in [0.2, 0.25) is 0 Å². The van der Waals surface area contributed by atoms with Crippen LogP contribution in [0.4, 0.5) is 0 Å². The summed E-state index contributed by atoms with van der Waals surface area (Å²) in [7, 11) is 1.79. The van der Waals surface area contributed by atoms with Gasteiger partial charge >= 0.3 is 0 Å². The molecular formula is C17H28N2O2. The zero-order chi connectivity index (χ0) is 15.1. The fraction of sp³-hybridized carbons (Fsp3) is 0.647. The first-order valence-electron chi connectivity index (χ1n) is 7.90. The molecule has 0 aliphatic carbocycles. The van der Waals surface area contributed by atoms with Crippen LogP contribution in [0, 0.1) is 0 Å². The van der Waals surface area contributed by atoms with Gasteiger partial charge in [-0.2, -0.15) is 0 Å². The van der Waals surface area contributed by atoms with E-state index in [0.29, 0.717) is 6.10 Å². The molecule has 1 aliphatic heterocycles. The molecule has 2 N–H and O–H groups in total. The lowest BCUT2D eigenvalue weighted by Crippen LogP contribution is -2.55. The lowest BCUT2D eigenvalue weighted by molar-refractivity contribution is 0.0120. The van der Waals surface area contributed by atoms with Crippen LogP contribution >= 0.6 is 0 Å². The van der Waals surface area contributed by atoms with Crippen molar-refractivity contribution < 1.29 is 9.84 Å². The SMILES string of the molecule is CCNC(CO)(CN1CCCC(OC)C1)c1ccccc1. The summed E-state index contributed by atoms with van der Waals surface area (Å²) >= 11 is 0. The second-order valence-electron chi connectivity index (χ2n) is 5.87. The second kappa shape index (κ2) is 7.90. The number of nitrogens with zero attached hydrogens (tertiary/aromatic N) is 1. The highest BCUT2D eigenvalue weighted by molar-refractivity contribution is 5.25. The van der Waals surface area contributed by atoms with Gasteiger partial charge in [0.25, 0.3) is 0 Å². The number of ether oxygens (including phenoxy) is 1. The van der Waals surface area contributed by atoms with Gasteiger partial charge in [0.15, 0.2) is 0 Å². The molecule has 0 aromatic heterocycles. The smallest absolute Gasteiger partial charge is 0.0797 e. The van der Waals surface area contributed by atoms with Crippen molar-refractivity contribution in [1.29, 1.82) is 0 Å². The number of rotatable bonds is 7. The van der Waals surface area contributed by atoms with E-state index < -0.39 is 5.54 Å².